The Morgan fingerprint density at radius 1 is 0.952 bits per heavy atom. The molecule has 3 rings (SSSR count). The van der Waals surface area contributed by atoms with Gasteiger partial charge in [-0.25, -0.2) is 15.0 Å². The molecule has 0 spiro atoms. The third-order valence-electron chi connectivity index (χ3n) is 3.79. The summed E-state index contributed by atoms with van der Waals surface area (Å²) in [6, 6.07) is 1.86. The van der Waals surface area contributed by atoms with E-state index in [1.54, 1.807) is 25.0 Å². The number of hydrogen-bond acceptors (Lipinski definition) is 6. The van der Waals surface area contributed by atoms with Crippen LogP contribution in [0.25, 0.3) is 0 Å². The summed E-state index contributed by atoms with van der Waals surface area (Å²) in [6.07, 6.45) is 9.31. The summed E-state index contributed by atoms with van der Waals surface area (Å²) in [6.45, 7) is 6.29. The van der Waals surface area contributed by atoms with Crippen LogP contribution in [0, 0.1) is 0 Å². The van der Waals surface area contributed by atoms with Crippen molar-refractivity contribution >= 4 is 5.95 Å². The van der Waals surface area contributed by atoms with Crippen molar-refractivity contribution in [1.29, 1.82) is 0 Å². The Labute approximate surface area is 124 Å². The molecule has 1 saturated heterocycles. The maximum Gasteiger partial charge on any atom is 0.225 e. The second kappa shape index (κ2) is 7.12. The summed E-state index contributed by atoms with van der Waals surface area (Å²) < 4.78 is 1.89. The molecular formula is C14H21N7. The third-order valence-corrected chi connectivity index (χ3v) is 3.79. The molecule has 1 fully saturated rings. The maximum atomic E-state index is 4.31. The highest BCUT2D eigenvalue weighted by atomic mass is 15.3. The first-order valence-electron chi connectivity index (χ1n) is 7.48. The Bertz CT molecular complexity index is 505. The van der Waals surface area contributed by atoms with E-state index in [4.69, 9.17) is 0 Å². The van der Waals surface area contributed by atoms with Crippen LogP contribution >= 0.6 is 0 Å². The van der Waals surface area contributed by atoms with Crippen molar-refractivity contribution in [2.45, 2.75) is 19.4 Å². The highest BCUT2D eigenvalue weighted by molar-refractivity contribution is 5.29. The van der Waals surface area contributed by atoms with E-state index in [1.807, 2.05) is 10.7 Å². The van der Waals surface area contributed by atoms with Crippen LogP contribution in [-0.2, 0) is 6.54 Å². The molecule has 0 amide bonds. The average molecular weight is 287 g/mol. The molecular weight excluding hydrogens is 266 g/mol. The first kappa shape index (κ1) is 13.9. The van der Waals surface area contributed by atoms with Crippen molar-refractivity contribution in [3.8, 4) is 0 Å². The van der Waals surface area contributed by atoms with Gasteiger partial charge in [0, 0.05) is 45.1 Å². The SMILES string of the molecule is c1cnc(N2CCN(CCCCn3cncn3)CC2)nc1. The van der Waals surface area contributed by atoms with Gasteiger partial charge in [0.15, 0.2) is 0 Å². The number of nitrogens with zero attached hydrogens (tertiary/aromatic N) is 7. The molecule has 0 aromatic carbocycles. The summed E-state index contributed by atoms with van der Waals surface area (Å²) in [5.41, 5.74) is 0. The van der Waals surface area contributed by atoms with E-state index in [1.165, 1.54) is 6.42 Å². The van der Waals surface area contributed by atoms with Crippen LogP contribution in [0.15, 0.2) is 31.1 Å². The van der Waals surface area contributed by atoms with Gasteiger partial charge in [-0.15, -0.1) is 0 Å². The number of hydrogen-bond donors (Lipinski definition) is 0. The lowest BCUT2D eigenvalue weighted by Crippen LogP contribution is -2.47. The Morgan fingerprint density at radius 2 is 1.71 bits per heavy atom. The van der Waals surface area contributed by atoms with Gasteiger partial charge in [-0.05, 0) is 25.5 Å². The van der Waals surface area contributed by atoms with Crippen molar-refractivity contribution in [2.75, 3.05) is 37.6 Å². The topological polar surface area (TPSA) is 63.0 Å². The monoisotopic (exact) mass is 287 g/mol. The summed E-state index contributed by atoms with van der Waals surface area (Å²) in [5, 5.41) is 4.12. The predicted octanol–water partition coefficient (Wildman–Crippen LogP) is 0.670. The summed E-state index contributed by atoms with van der Waals surface area (Å²) in [4.78, 5) is 17.3. The minimum atomic E-state index is 0.850. The normalized spacial score (nSPS) is 16.3. The average Bonchev–Trinajstić information content (AvgIpc) is 3.06. The highest BCUT2D eigenvalue weighted by Gasteiger charge is 2.17. The van der Waals surface area contributed by atoms with Crippen LogP contribution in [-0.4, -0.2) is 62.4 Å². The van der Waals surface area contributed by atoms with Gasteiger partial charge in [0.1, 0.15) is 12.7 Å². The van der Waals surface area contributed by atoms with Gasteiger partial charge in [0.25, 0.3) is 0 Å². The molecule has 0 atom stereocenters. The van der Waals surface area contributed by atoms with Crippen LogP contribution in [0.1, 0.15) is 12.8 Å². The molecule has 0 N–H and O–H groups in total. The smallest absolute Gasteiger partial charge is 0.225 e. The predicted molar refractivity (Wildman–Crippen MR) is 79.9 cm³/mol. The third kappa shape index (κ3) is 3.98. The van der Waals surface area contributed by atoms with Crippen molar-refractivity contribution < 1.29 is 0 Å². The van der Waals surface area contributed by atoms with Gasteiger partial charge < -0.3 is 4.90 Å². The summed E-state index contributed by atoms with van der Waals surface area (Å²) in [7, 11) is 0. The number of aryl methyl sites for hydroxylation is 1. The van der Waals surface area contributed by atoms with Crippen LogP contribution in [0.4, 0.5) is 5.95 Å². The molecule has 2 aromatic rings. The van der Waals surface area contributed by atoms with Crippen LogP contribution in [0.2, 0.25) is 0 Å². The first-order chi connectivity index (χ1) is 10.4. The highest BCUT2D eigenvalue weighted by Crippen LogP contribution is 2.10. The van der Waals surface area contributed by atoms with Gasteiger partial charge in [0.05, 0.1) is 0 Å². The van der Waals surface area contributed by atoms with Gasteiger partial charge in [-0.2, -0.15) is 5.10 Å². The molecule has 0 saturated carbocycles. The number of unbranched alkanes of at least 4 members (excludes halogenated alkanes) is 1. The molecule has 0 radical (unpaired) electrons. The first-order valence-corrected chi connectivity index (χ1v) is 7.48. The second-order valence-electron chi connectivity index (χ2n) is 5.24. The molecule has 112 valence electrons. The zero-order valence-corrected chi connectivity index (χ0v) is 12.2. The Balaban J connectivity index is 1.34. The van der Waals surface area contributed by atoms with Crippen LogP contribution < -0.4 is 4.90 Å². The lowest BCUT2D eigenvalue weighted by atomic mass is 10.2. The van der Waals surface area contributed by atoms with E-state index in [-0.39, 0.29) is 0 Å². The molecule has 0 unspecified atom stereocenters. The van der Waals surface area contributed by atoms with E-state index in [9.17, 15) is 0 Å². The van der Waals surface area contributed by atoms with Gasteiger partial charge >= 0.3 is 0 Å². The quantitative estimate of drug-likeness (QED) is 0.728. The lowest BCUT2D eigenvalue weighted by molar-refractivity contribution is 0.249. The lowest BCUT2D eigenvalue weighted by Gasteiger charge is -2.34. The molecule has 1 aliphatic heterocycles. The fraction of sp³-hybridized carbons (Fsp3) is 0.571. The van der Waals surface area contributed by atoms with E-state index in [0.29, 0.717) is 0 Å². The Hall–Kier alpha value is -2.02. The minimum Gasteiger partial charge on any atom is -0.338 e. The standard InChI is InChI=1S/C14H21N7/c1(2-7-21-13-15-12-18-21)6-19-8-10-20(11-9-19)14-16-4-3-5-17-14/h3-5,12-13H,1-2,6-11H2. The number of aromatic nitrogens is 5. The largest absolute Gasteiger partial charge is 0.338 e. The molecule has 0 aliphatic carbocycles. The Kier molecular flexibility index (Phi) is 4.73. The van der Waals surface area contributed by atoms with E-state index in [0.717, 1.165) is 51.6 Å². The van der Waals surface area contributed by atoms with Gasteiger partial charge in [-0.3, -0.25) is 9.58 Å². The van der Waals surface area contributed by atoms with Crippen LogP contribution in [0.5, 0.6) is 0 Å². The number of piperazine rings is 1. The molecule has 2 aromatic heterocycles. The van der Waals surface area contributed by atoms with E-state index >= 15 is 0 Å². The fourth-order valence-corrected chi connectivity index (χ4v) is 2.58. The van der Waals surface area contributed by atoms with Gasteiger partial charge in [0.2, 0.25) is 5.95 Å². The minimum absolute atomic E-state index is 0.850. The molecule has 21 heavy (non-hydrogen) atoms. The second-order valence-corrected chi connectivity index (χ2v) is 5.24. The van der Waals surface area contributed by atoms with Crippen molar-refractivity contribution in [2.24, 2.45) is 0 Å². The summed E-state index contributed by atoms with van der Waals surface area (Å²) >= 11 is 0. The molecule has 0 bridgehead atoms. The maximum absolute atomic E-state index is 4.31. The van der Waals surface area contributed by atoms with Crippen LogP contribution in [0.3, 0.4) is 0 Å². The fourth-order valence-electron chi connectivity index (χ4n) is 2.58. The molecule has 1 aliphatic rings. The summed E-state index contributed by atoms with van der Waals surface area (Å²) in [5.74, 6) is 0.850. The van der Waals surface area contributed by atoms with E-state index in [2.05, 4.69) is 29.9 Å². The molecule has 3 heterocycles. The number of anilines is 1. The van der Waals surface area contributed by atoms with Crippen molar-refractivity contribution in [3.05, 3.63) is 31.1 Å². The van der Waals surface area contributed by atoms with Gasteiger partial charge in [-0.1, -0.05) is 0 Å². The number of rotatable bonds is 6. The van der Waals surface area contributed by atoms with Crippen molar-refractivity contribution in [3.63, 3.8) is 0 Å². The zero-order chi connectivity index (χ0) is 14.3. The van der Waals surface area contributed by atoms with E-state index < -0.39 is 0 Å². The zero-order valence-electron chi connectivity index (χ0n) is 12.2. The van der Waals surface area contributed by atoms with Crippen molar-refractivity contribution in [1.82, 2.24) is 29.6 Å². The molecule has 7 nitrogen and oxygen atoms in total. The molecule has 7 heteroatoms. The Morgan fingerprint density at radius 3 is 2.43 bits per heavy atom.